The summed E-state index contributed by atoms with van der Waals surface area (Å²) in [6, 6.07) is 0.674. The number of aliphatic imine (C=N–C) groups is 1. The van der Waals surface area contributed by atoms with Crippen LogP contribution in [-0.2, 0) is 0 Å². The summed E-state index contributed by atoms with van der Waals surface area (Å²) in [7, 11) is 1.89. The van der Waals surface area contributed by atoms with E-state index in [9.17, 15) is 0 Å². The highest BCUT2D eigenvalue weighted by atomic mass is 127. The van der Waals surface area contributed by atoms with Gasteiger partial charge in [0.15, 0.2) is 5.96 Å². The predicted molar refractivity (Wildman–Crippen MR) is 79.4 cm³/mol. The summed E-state index contributed by atoms with van der Waals surface area (Å²) >= 11 is 0. The second kappa shape index (κ2) is 5.10. The Morgan fingerprint density at radius 3 is 2.44 bits per heavy atom. The summed E-state index contributed by atoms with van der Waals surface area (Å²) < 4.78 is 0. The van der Waals surface area contributed by atoms with Gasteiger partial charge in [0.25, 0.3) is 0 Å². The van der Waals surface area contributed by atoms with Gasteiger partial charge in [0.1, 0.15) is 0 Å². The first-order valence-electron chi connectivity index (χ1n) is 6.00. The molecule has 1 saturated carbocycles. The van der Waals surface area contributed by atoms with Crippen LogP contribution in [0.1, 0.15) is 33.6 Å². The normalized spacial score (nSPS) is 32.2. The van der Waals surface area contributed by atoms with Crippen molar-refractivity contribution in [2.45, 2.75) is 39.7 Å². The van der Waals surface area contributed by atoms with Crippen molar-refractivity contribution in [1.82, 2.24) is 10.2 Å². The first-order chi connectivity index (χ1) is 7.02. The number of guanidine groups is 1. The van der Waals surface area contributed by atoms with Crippen molar-refractivity contribution >= 4 is 29.9 Å². The third-order valence-electron chi connectivity index (χ3n) is 3.61. The molecule has 2 fully saturated rings. The average Bonchev–Trinajstić information content (AvgIpc) is 2.73. The zero-order chi connectivity index (χ0) is 11.1. The van der Waals surface area contributed by atoms with E-state index in [0.717, 1.165) is 25.0 Å². The van der Waals surface area contributed by atoms with Gasteiger partial charge in [-0.3, -0.25) is 4.99 Å². The molecule has 0 aromatic heterocycles. The highest BCUT2D eigenvalue weighted by molar-refractivity contribution is 14.0. The number of nitrogens with zero attached hydrogens (tertiary/aromatic N) is 2. The van der Waals surface area contributed by atoms with E-state index in [0.29, 0.717) is 11.5 Å². The van der Waals surface area contributed by atoms with Crippen molar-refractivity contribution < 1.29 is 0 Å². The Morgan fingerprint density at radius 2 is 2.06 bits per heavy atom. The molecule has 0 bridgehead atoms. The average molecular weight is 337 g/mol. The fraction of sp³-hybridized carbons (Fsp3) is 0.917. The molecule has 0 aromatic carbocycles. The van der Waals surface area contributed by atoms with Gasteiger partial charge in [0.2, 0.25) is 0 Å². The van der Waals surface area contributed by atoms with Gasteiger partial charge in [-0.15, -0.1) is 24.0 Å². The molecule has 1 aliphatic heterocycles. The number of hydrogen-bond donors (Lipinski definition) is 1. The summed E-state index contributed by atoms with van der Waals surface area (Å²) in [6.07, 6.45) is 2.57. The first kappa shape index (κ1) is 14.1. The summed E-state index contributed by atoms with van der Waals surface area (Å²) in [5, 5.41) is 3.55. The largest absolute Gasteiger partial charge is 0.353 e. The van der Waals surface area contributed by atoms with E-state index >= 15 is 0 Å². The molecule has 1 heterocycles. The topological polar surface area (TPSA) is 27.6 Å². The minimum atomic E-state index is 0. The third-order valence-corrected chi connectivity index (χ3v) is 3.61. The molecule has 94 valence electrons. The van der Waals surface area contributed by atoms with Gasteiger partial charge < -0.3 is 10.2 Å². The molecule has 0 spiro atoms. The van der Waals surface area contributed by atoms with Crippen LogP contribution in [0, 0.1) is 11.3 Å². The summed E-state index contributed by atoms with van der Waals surface area (Å²) in [6.45, 7) is 9.24. The Balaban J connectivity index is 0.00000128. The van der Waals surface area contributed by atoms with Crippen LogP contribution in [0.3, 0.4) is 0 Å². The predicted octanol–water partition coefficient (Wildman–Crippen LogP) is 2.32. The van der Waals surface area contributed by atoms with Crippen molar-refractivity contribution in [3.05, 3.63) is 0 Å². The maximum atomic E-state index is 4.38. The summed E-state index contributed by atoms with van der Waals surface area (Å²) in [5.74, 6) is 1.94. The SMILES string of the molecule is CN=C(NC1CC1C)N1CCC(C)(C)C1.I. The molecule has 2 unspecified atom stereocenters. The molecule has 1 N–H and O–H groups in total. The van der Waals surface area contributed by atoms with Crippen LogP contribution in [0.25, 0.3) is 0 Å². The van der Waals surface area contributed by atoms with Crippen LogP contribution in [0.2, 0.25) is 0 Å². The smallest absolute Gasteiger partial charge is 0.193 e. The van der Waals surface area contributed by atoms with Gasteiger partial charge in [-0.25, -0.2) is 0 Å². The quantitative estimate of drug-likeness (QED) is 0.452. The lowest BCUT2D eigenvalue weighted by molar-refractivity contribution is 0.369. The lowest BCUT2D eigenvalue weighted by Gasteiger charge is -2.23. The van der Waals surface area contributed by atoms with Crippen LogP contribution in [-0.4, -0.2) is 37.0 Å². The van der Waals surface area contributed by atoms with Gasteiger partial charge in [0.05, 0.1) is 0 Å². The maximum Gasteiger partial charge on any atom is 0.193 e. The second-order valence-corrected chi connectivity index (χ2v) is 5.85. The van der Waals surface area contributed by atoms with Gasteiger partial charge >= 0.3 is 0 Å². The van der Waals surface area contributed by atoms with E-state index in [1.54, 1.807) is 0 Å². The zero-order valence-electron chi connectivity index (χ0n) is 10.8. The molecule has 0 aromatic rings. The molecule has 4 heteroatoms. The van der Waals surface area contributed by atoms with E-state index in [-0.39, 0.29) is 24.0 Å². The molecule has 0 amide bonds. The Bertz CT molecular complexity index is 275. The van der Waals surface area contributed by atoms with Crippen molar-refractivity contribution in [1.29, 1.82) is 0 Å². The molecule has 3 nitrogen and oxygen atoms in total. The van der Waals surface area contributed by atoms with Gasteiger partial charge in [-0.1, -0.05) is 20.8 Å². The fourth-order valence-electron chi connectivity index (χ4n) is 2.28. The third kappa shape index (κ3) is 3.25. The van der Waals surface area contributed by atoms with Crippen molar-refractivity contribution in [3.8, 4) is 0 Å². The zero-order valence-corrected chi connectivity index (χ0v) is 13.1. The summed E-state index contributed by atoms with van der Waals surface area (Å²) in [5.41, 5.74) is 0.451. The van der Waals surface area contributed by atoms with Gasteiger partial charge in [-0.2, -0.15) is 0 Å². The van der Waals surface area contributed by atoms with E-state index in [2.05, 4.69) is 36.0 Å². The Hall–Kier alpha value is 0. The standard InChI is InChI=1S/C12H23N3.HI/c1-9-7-10(9)14-11(13-4)15-6-5-12(2,3)8-15;/h9-10H,5-8H2,1-4H3,(H,13,14);1H. The highest BCUT2D eigenvalue weighted by Gasteiger charge is 2.36. The van der Waals surface area contributed by atoms with Crippen molar-refractivity contribution in [2.24, 2.45) is 16.3 Å². The van der Waals surface area contributed by atoms with E-state index in [4.69, 9.17) is 0 Å². The van der Waals surface area contributed by atoms with Gasteiger partial charge in [0, 0.05) is 26.2 Å². The molecular weight excluding hydrogens is 313 g/mol. The van der Waals surface area contributed by atoms with Crippen LogP contribution in [0.4, 0.5) is 0 Å². The fourth-order valence-corrected chi connectivity index (χ4v) is 2.28. The minimum absolute atomic E-state index is 0. The number of rotatable bonds is 1. The molecular formula is C12H24IN3. The first-order valence-corrected chi connectivity index (χ1v) is 6.00. The molecule has 0 radical (unpaired) electrons. The van der Waals surface area contributed by atoms with E-state index in [1.165, 1.54) is 12.8 Å². The molecule has 2 rings (SSSR count). The Kier molecular flexibility index (Phi) is 4.49. The molecule has 16 heavy (non-hydrogen) atoms. The number of likely N-dealkylation sites (tertiary alicyclic amines) is 1. The lowest BCUT2D eigenvalue weighted by Crippen LogP contribution is -2.42. The monoisotopic (exact) mass is 337 g/mol. The molecule has 1 saturated heterocycles. The van der Waals surface area contributed by atoms with Crippen molar-refractivity contribution in [3.63, 3.8) is 0 Å². The van der Waals surface area contributed by atoms with Crippen LogP contribution in [0.5, 0.6) is 0 Å². The number of hydrogen-bond acceptors (Lipinski definition) is 1. The Morgan fingerprint density at radius 1 is 1.44 bits per heavy atom. The maximum absolute atomic E-state index is 4.38. The van der Waals surface area contributed by atoms with E-state index < -0.39 is 0 Å². The highest BCUT2D eigenvalue weighted by Crippen LogP contribution is 2.31. The van der Waals surface area contributed by atoms with Gasteiger partial charge in [-0.05, 0) is 24.2 Å². The minimum Gasteiger partial charge on any atom is -0.353 e. The number of halogens is 1. The molecule has 2 atom stereocenters. The molecule has 2 aliphatic rings. The van der Waals surface area contributed by atoms with Crippen LogP contribution >= 0.6 is 24.0 Å². The summed E-state index contributed by atoms with van der Waals surface area (Å²) in [4.78, 5) is 6.78. The van der Waals surface area contributed by atoms with Crippen LogP contribution in [0.15, 0.2) is 4.99 Å². The van der Waals surface area contributed by atoms with E-state index in [1.807, 2.05) is 7.05 Å². The van der Waals surface area contributed by atoms with Crippen molar-refractivity contribution in [2.75, 3.05) is 20.1 Å². The van der Waals surface area contributed by atoms with Crippen LogP contribution < -0.4 is 5.32 Å². The lowest BCUT2D eigenvalue weighted by atomic mass is 9.93. The Labute approximate surface area is 116 Å². The molecule has 1 aliphatic carbocycles. The second-order valence-electron chi connectivity index (χ2n) is 5.85. The number of nitrogens with one attached hydrogen (secondary N) is 1.